The Balaban J connectivity index is 1.67. The zero-order chi connectivity index (χ0) is 19.0. The lowest BCUT2D eigenvalue weighted by Gasteiger charge is -2.38. The van der Waals surface area contributed by atoms with Gasteiger partial charge in [-0.2, -0.15) is 11.8 Å². The van der Waals surface area contributed by atoms with Gasteiger partial charge in [0.15, 0.2) is 17.3 Å². The third kappa shape index (κ3) is 3.46. The maximum absolute atomic E-state index is 12.8. The molecule has 0 atom stereocenters. The molecule has 1 saturated heterocycles. The summed E-state index contributed by atoms with van der Waals surface area (Å²) in [5.74, 6) is 3.48. The molecule has 1 spiro atoms. The molecular formula is C19H17Cl2NO4S. The van der Waals surface area contributed by atoms with Crippen LogP contribution >= 0.6 is 35.0 Å². The van der Waals surface area contributed by atoms with Crippen LogP contribution in [0.5, 0.6) is 17.2 Å². The van der Waals surface area contributed by atoms with Gasteiger partial charge in [-0.1, -0.05) is 29.3 Å². The van der Waals surface area contributed by atoms with E-state index in [0.29, 0.717) is 36.0 Å². The molecule has 0 unspecified atom stereocenters. The summed E-state index contributed by atoms with van der Waals surface area (Å²) < 4.78 is 17.6. The topological polar surface area (TPSA) is 57.7 Å². The van der Waals surface area contributed by atoms with E-state index >= 15 is 0 Å². The summed E-state index contributed by atoms with van der Waals surface area (Å²) in [4.78, 5) is 16.7. The van der Waals surface area contributed by atoms with Crippen molar-refractivity contribution in [1.82, 2.24) is 4.98 Å². The van der Waals surface area contributed by atoms with Crippen LogP contribution in [0.2, 0.25) is 10.0 Å². The number of halogens is 2. The standard InChI is InChI=1S/C19H17Cl2NO4S/c1-24-15-3-2-11(4-14(23)16-12(20)5-22-6-13(16)21)17-18(15)26-8-19(7-25-17)9-27-10-19/h2-3,5-6H,4,7-10H2,1H3. The number of ether oxygens (including phenoxy) is 3. The van der Waals surface area contributed by atoms with E-state index in [1.807, 2.05) is 17.8 Å². The second kappa shape index (κ2) is 7.41. The van der Waals surface area contributed by atoms with E-state index < -0.39 is 0 Å². The van der Waals surface area contributed by atoms with E-state index in [4.69, 9.17) is 37.4 Å². The van der Waals surface area contributed by atoms with Crippen LogP contribution in [0, 0.1) is 5.41 Å². The Labute approximate surface area is 171 Å². The van der Waals surface area contributed by atoms with Crippen LogP contribution < -0.4 is 14.2 Å². The van der Waals surface area contributed by atoms with Crippen molar-refractivity contribution in [3.05, 3.63) is 45.7 Å². The Morgan fingerprint density at radius 3 is 2.44 bits per heavy atom. The number of rotatable bonds is 4. The highest BCUT2D eigenvalue weighted by atomic mass is 35.5. The number of benzene rings is 1. The number of thioether (sulfide) groups is 1. The van der Waals surface area contributed by atoms with Gasteiger partial charge in [0.2, 0.25) is 5.75 Å². The van der Waals surface area contributed by atoms with E-state index in [2.05, 4.69) is 4.98 Å². The van der Waals surface area contributed by atoms with Crippen molar-refractivity contribution in [2.45, 2.75) is 6.42 Å². The lowest BCUT2D eigenvalue weighted by molar-refractivity contribution is 0.0991. The number of ketones is 1. The highest BCUT2D eigenvalue weighted by molar-refractivity contribution is 8.00. The smallest absolute Gasteiger partial charge is 0.203 e. The molecule has 1 fully saturated rings. The van der Waals surface area contributed by atoms with Gasteiger partial charge >= 0.3 is 0 Å². The maximum atomic E-state index is 12.8. The predicted molar refractivity (Wildman–Crippen MR) is 106 cm³/mol. The number of Topliss-reactive ketones (excluding diaryl/α,β-unsaturated/α-hetero) is 1. The summed E-state index contributed by atoms with van der Waals surface area (Å²) in [5.41, 5.74) is 0.997. The number of pyridine rings is 1. The molecule has 4 rings (SSSR count). The summed E-state index contributed by atoms with van der Waals surface area (Å²) in [5, 5.41) is 0.462. The molecule has 27 heavy (non-hydrogen) atoms. The van der Waals surface area contributed by atoms with Crippen LogP contribution in [0.15, 0.2) is 24.5 Å². The average molecular weight is 426 g/mol. The fourth-order valence-corrected chi connectivity index (χ4v) is 4.86. The van der Waals surface area contributed by atoms with E-state index in [1.54, 1.807) is 13.2 Å². The fraction of sp³-hybridized carbons (Fsp3) is 0.368. The molecule has 142 valence electrons. The van der Waals surface area contributed by atoms with Crippen LogP contribution in [-0.2, 0) is 6.42 Å². The van der Waals surface area contributed by atoms with Crippen molar-refractivity contribution in [3.63, 3.8) is 0 Å². The van der Waals surface area contributed by atoms with Gasteiger partial charge in [0, 0.05) is 35.9 Å². The summed E-state index contributed by atoms with van der Waals surface area (Å²) in [6.45, 7) is 1.13. The number of nitrogens with zero attached hydrogens (tertiary/aromatic N) is 1. The van der Waals surface area contributed by atoms with Crippen LogP contribution in [0.3, 0.4) is 0 Å². The van der Waals surface area contributed by atoms with Crippen molar-refractivity contribution >= 4 is 40.7 Å². The molecule has 2 aliphatic heterocycles. The van der Waals surface area contributed by atoms with Crippen molar-refractivity contribution in [2.24, 2.45) is 5.41 Å². The molecule has 0 amide bonds. The number of aromatic nitrogens is 1. The van der Waals surface area contributed by atoms with Gasteiger partial charge in [-0.3, -0.25) is 9.78 Å². The molecule has 0 saturated carbocycles. The van der Waals surface area contributed by atoms with E-state index in [0.717, 1.165) is 11.5 Å². The van der Waals surface area contributed by atoms with Gasteiger partial charge in [-0.15, -0.1) is 0 Å². The number of methoxy groups -OCH3 is 1. The molecule has 8 heteroatoms. The summed E-state index contributed by atoms with van der Waals surface area (Å²) >= 11 is 14.1. The fourth-order valence-electron chi connectivity index (χ4n) is 3.17. The van der Waals surface area contributed by atoms with E-state index in [-0.39, 0.29) is 33.2 Å². The molecular weight excluding hydrogens is 409 g/mol. The summed E-state index contributed by atoms with van der Waals surface area (Å²) in [7, 11) is 1.58. The van der Waals surface area contributed by atoms with Crippen LogP contribution in [0.25, 0.3) is 0 Å². The Kier molecular flexibility index (Phi) is 5.14. The molecule has 2 aromatic rings. The molecule has 0 aliphatic carbocycles. The zero-order valence-corrected chi connectivity index (χ0v) is 16.9. The first kappa shape index (κ1) is 18.7. The normalized spacial score (nSPS) is 17.1. The maximum Gasteiger partial charge on any atom is 0.203 e. The van der Waals surface area contributed by atoms with Crippen LogP contribution in [0.1, 0.15) is 15.9 Å². The molecule has 1 aromatic heterocycles. The third-order valence-electron chi connectivity index (χ3n) is 4.72. The van der Waals surface area contributed by atoms with Crippen LogP contribution in [0.4, 0.5) is 0 Å². The van der Waals surface area contributed by atoms with Crippen molar-refractivity contribution in [2.75, 3.05) is 31.8 Å². The molecule has 0 bridgehead atoms. The van der Waals surface area contributed by atoms with Gasteiger partial charge in [0.25, 0.3) is 0 Å². The van der Waals surface area contributed by atoms with Crippen molar-refractivity contribution in [1.29, 1.82) is 0 Å². The molecule has 0 N–H and O–H groups in total. The molecule has 2 aliphatic rings. The van der Waals surface area contributed by atoms with Crippen molar-refractivity contribution < 1.29 is 19.0 Å². The van der Waals surface area contributed by atoms with Gasteiger partial charge in [-0.25, -0.2) is 0 Å². The molecule has 1 aromatic carbocycles. The largest absolute Gasteiger partial charge is 0.493 e. The SMILES string of the molecule is COc1ccc(CC(=O)c2c(Cl)cncc2Cl)c2c1OCC1(CO2)CSC1. The quantitative estimate of drug-likeness (QED) is 0.679. The Morgan fingerprint density at radius 2 is 1.85 bits per heavy atom. The number of fused-ring (bicyclic) bond motifs is 1. The lowest BCUT2D eigenvalue weighted by atomic mass is 9.94. The minimum atomic E-state index is -0.207. The van der Waals surface area contributed by atoms with Crippen LogP contribution in [-0.4, -0.2) is 42.6 Å². The Hall–Kier alpha value is -1.63. The van der Waals surface area contributed by atoms with Gasteiger partial charge in [-0.05, 0) is 6.07 Å². The highest BCUT2D eigenvalue weighted by Gasteiger charge is 2.42. The first-order valence-corrected chi connectivity index (χ1v) is 10.3. The summed E-state index contributed by atoms with van der Waals surface area (Å²) in [6.07, 6.45) is 2.90. The van der Waals surface area contributed by atoms with Crippen molar-refractivity contribution in [3.8, 4) is 17.2 Å². The number of carbonyl (C=O) groups is 1. The lowest BCUT2D eigenvalue weighted by Crippen LogP contribution is -2.45. The first-order valence-electron chi connectivity index (χ1n) is 8.38. The Bertz CT molecular complexity index is 881. The van der Waals surface area contributed by atoms with E-state index in [1.165, 1.54) is 12.4 Å². The minimum Gasteiger partial charge on any atom is -0.493 e. The number of hydrogen-bond acceptors (Lipinski definition) is 6. The highest BCUT2D eigenvalue weighted by Crippen LogP contribution is 2.47. The predicted octanol–water partition coefficient (Wildman–Crippen LogP) is 4.33. The Morgan fingerprint density at radius 1 is 1.19 bits per heavy atom. The summed E-state index contributed by atoms with van der Waals surface area (Å²) in [6, 6.07) is 3.60. The van der Waals surface area contributed by atoms with Gasteiger partial charge in [0.1, 0.15) is 0 Å². The number of carbonyl (C=O) groups excluding carboxylic acids is 1. The number of hydrogen-bond donors (Lipinski definition) is 0. The second-order valence-electron chi connectivity index (χ2n) is 6.73. The van der Waals surface area contributed by atoms with Gasteiger partial charge < -0.3 is 14.2 Å². The molecule has 0 radical (unpaired) electrons. The first-order chi connectivity index (χ1) is 13.0. The second-order valence-corrected chi connectivity index (χ2v) is 8.53. The average Bonchev–Trinajstić information content (AvgIpc) is 2.82. The third-order valence-corrected chi connectivity index (χ3v) is 6.93. The minimum absolute atomic E-state index is 0.0215. The molecule has 3 heterocycles. The van der Waals surface area contributed by atoms with E-state index in [9.17, 15) is 4.79 Å². The van der Waals surface area contributed by atoms with Gasteiger partial charge in [0.05, 0.1) is 41.3 Å². The molecule has 5 nitrogen and oxygen atoms in total. The monoisotopic (exact) mass is 425 g/mol. The zero-order valence-electron chi connectivity index (χ0n) is 14.6.